The number of nitrogens with one attached hydrogen (secondary N) is 2. The number of furan rings is 1. The van der Waals surface area contributed by atoms with Crippen LogP contribution in [0, 0.1) is 23.0 Å². The molecule has 0 spiro atoms. The summed E-state index contributed by atoms with van der Waals surface area (Å²) >= 11 is 0. The number of carbonyl (C=O) groups is 2. The molecule has 0 saturated carbocycles. The molecule has 3 aromatic rings. The van der Waals surface area contributed by atoms with Crippen LogP contribution in [0.15, 0.2) is 58.0 Å². The summed E-state index contributed by atoms with van der Waals surface area (Å²) in [5.74, 6) is 0.477. The highest BCUT2D eigenvalue weighted by atomic mass is 16.6. The molecule has 2 N–H and O–H groups in total. The SMILES string of the molecule is Cc1cc([N+](=O)[O-])ccc1-c1ccc(/C=N\NC(=O)[C@H](NC(=O)COc2ccc3c(c2)CCCC3)C(C)C)o1. The van der Waals surface area contributed by atoms with E-state index in [1.807, 2.05) is 26.0 Å². The van der Waals surface area contributed by atoms with Crippen LogP contribution in [0.25, 0.3) is 11.3 Å². The van der Waals surface area contributed by atoms with Gasteiger partial charge in [0.1, 0.15) is 23.3 Å². The molecule has 1 aliphatic rings. The highest BCUT2D eigenvalue weighted by Crippen LogP contribution is 2.28. The van der Waals surface area contributed by atoms with E-state index in [2.05, 4.69) is 21.9 Å². The number of ether oxygens (including phenoxy) is 1. The van der Waals surface area contributed by atoms with E-state index in [1.54, 1.807) is 25.1 Å². The van der Waals surface area contributed by atoms with Gasteiger partial charge in [0.05, 0.1) is 11.1 Å². The van der Waals surface area contributed by atoms with Crippen LogP contribution in [0.4, 0.5) is 5.69 Å². The maximum Gasteiger partial charge on any atom is 0.269 e. The smallest absolute Gasteiger partial charge is 0.269 e. The summed E-state index contributed by atoms with van der Waals surface area (Å²) in [6.45, 7) is 5.21. The first-order valence-electron chi connectivity index (χ1n) is 12.9. The van der Waals surface area contributed by atoms with Gasteiger partial charge in [0.2, 0.25) is 0 Å². The summed E-state index contributed by atoms with van der Waals surface area (Å²) < 4.78 is 11.4. The van der Waals surface area contributed by atoms with Crippen LogP contribution in [0.5, 0.6) is 5.75 Å². The molecule has 2 aromatic carbocycles. The summed E-state index contributed by atoms with van der Waals surface area (Å²) in [4.78, 5) is 35.8. The van der Waals surface area contributed by atoms with Gasteiger partial charge in [-0.1, -0.05) is 19.9 Å². The summed E-state index contributed by atoms with van der Waals surface area (Å²) in [7, 11) is 0. The topological polar surface area (TPSA) is 136 Å². The molecule has 1 heterocycles. The molecule has 1 atom stereocenters. The van der Waals surface area contributed by atoms with E-state index < -0.39 is 22.8 Å². The Labute approximate surface area is 226 Å². The number of amides is 2. The van der Waals surface area contributed by atoms with Crippen LogP contribution in [0.1, 0.15) is 49.1 Å². The predicted molar refractivity (Wildman–Crippen MR) is 147 cm³/mol. The molecule has 39 heavy (non-hydrogen) atoms. The van der Waals surface area contributed by atoms with Gasteiger partial charge in [0.25, 0.3) is 17.5 Å². The van der Waals surface area contributed by atoms with Crippen LogP contribution in [0.2, 0.25) is 0 Å². The third-order valence-corrected chi connectivity index (χ3v) is 6.64. The van der Waals surface area contributed by atoms with E-state index >= 15 is 0 Å². The van der Waals surface area contributed by atoms with Crippen LogP contribution < -0.4 is 15.5 Å². The summed E-state index contributed by atoms with van der Waals surface area (Å²) in [5.41, 5.74) is 6.46. The Hall–Kier alpha value is -4.47. The fourth-order valence-electron chi connectivity index (χ4n) is 4.53. The third-order valence-electron chi connectivity index (χ3n) is 6.64. The maximum atomic E-state index is 12.7. The minimum absolute atomic E-state index is 0.00395. The fraction of sp³-hybridized carbons (Fsp3) is 0.345. The number of fused-ring (bicyclic) bond motifs is 1. The van der Waals surface area contributed by atoms with Crippen molar-refractivity contribution >= 4 is 23.7 Å². The highest BCUT2D eigenvalue weighted by molar-refractivity contribution is 5.89. The Morgan fingerprint density at radius 3 is 2.59 bits per heavy atom. The van der Waals surface area contributed by atoms with E-state index in [9.17, 15) is 19.7 Å². The van der Waals surface area contributed by atoms with E-state index in [0.717, 1.165) is 19.3 Å². The van der Waals surface area contributed by atoms with Crippen molar-refractivity contribution in [1.29, 1.82) is 0 Å². The van der Waals surface area contributed by atoms with E-state index in [-0.39, 0.29) is 18.2 Å². The number of nitro benzene ring substituents is 1. The molecular formula is C29H32N4O6. The number of benzene rings is 2. The quantitative estimate of drug-likeness (QED) is 0.220. The zero-order valence-corrected chi connectivity index (χ0v) is 22.2. The molecule has 10 heteroatoms. The molecule has 0 unspecified atom stereocenters. The average molecular weight is 533 g/mol. The zero-order chi connectivity index (χ0) is 27.9. The Morgan fingerprint density at radius 1 is 1.10 bits per heavy atom. The third kappa shape index (κ3) is 7.10. The van der Waals surface area contributed by atoms with Crippen LogP contribution >= 0.6 is 0 Å². The molecule has 1 aromatic heterocycles. The van der Waals surface area contributed by atoms with Gasteiger partial charge in [-0.3, -0.25) is 19.7 Å². The lowest BCUT2D eigenvalue weighted by Gasteiger charge is -2.21. The van der Waals surface area contributed by atoms with Gasteiger partial charge in [-0.05, 0) is 85.5 Å². The second-order valence-electron chi connectivity index (χ2n) is 9.91. The molecular weight excluding hydrogens is 500 g/mol. The lowest BCUT2D eigenvalue weighted by Crippen LogP contribution is -2.49. The molecule has 0 fully saturated rings. The fourth-order valence-corrected chi connectivity index (χ4v) is 4.53. The van der Waals surface area contributed by atoms with Gasteiger partial charge in [0, 0.05) is 17.7 Å². The minimum Gasteiger partial charge on any atom is -0.484 e. The van der Waals surface area contributed by atoms with Crippen molar-refractivity contribution in [3.05, 3.63) is 81.1 Å². The Kier molecular flexibility index (Phi) is 8.75. The molecule has 10 nitrogen and oxygen atoms in total. The summed E-state index contributed by atoms with van der Waals surface area (Å²) in [6, 6.07) is 13.0. The van der Waals surface area contributed by atoms with Gasteiger partial charge >= 0.3 is 0 Å². The van der Waals surface area contributed by atoms with E-state index in [0.29, 0.717) is 28.4 Å². The lowest BCUT2D eigenvalue weighted by molar-refractivity contribution is -0.384. The molecule has 1 aliphatic carbocycles. The molecule has 0 bridgehead atoms. The molecule has 204 valence electrons. The first kappa shape index (κ1) is 27.6. The first-order chi connectivity index (χ1) is 18.7. The van der Waals surface area contributed by atoms with Gasteiger partial charge in [-0.2, -0.15) is 5.10 Å². The van der Waals surface area contributed by atoms with Crippen molar-refractivity contribution in [1.82, 2.24) is 10.7 Å². The van der Waals surface area contributed by atoms with Gasteiger partial charge in [0.15, 0.2) is 6.61 Å². The van der Waals surface area contributed by atoms with Crippen molar-refractivity contribution in [3.8, 4) is 17.1 Å². The highest BCUT2D eigenvalue weighted by Gasteiger charge is 2.24. The Morgan fingerprint density at radius 2 is 1.87 bits per heavy atom. The molecule has 0 saturated heterocycles. The largest absolute Gasteiger partial charge is 0.484 e. The number of rotatable bonds is 10. The van der Waals surface area contributed by atoms with Gasteiger partial charge in [-0.15, -0.1) is 0 Å². The molecule has 0 radical (unpaired) electrons. The Bertz CT molecular complexity index is 1390. The monoisotopic (exact) mass is 532 g/mol. The maximum absolute atomic E-state index is 12.7. The number of non-ortho nitro benzene ring substituents is 1. The van der Waals surface area contributed by atoms with E-state index in [1.165, 1.54) is 35.9 Å². The molecule has 0 aliphatic heterocycles. The van der Waals surface area contributed by atoms with Gasteiger partial charge in [-0.25, -0.2) is 5.43 Å². The summed E-state index contributed by atoms with van der Waals surface area (Å²) in [5, 5.41) is 17.6. The van der Waals surface area contributed by atoms with Gasteiger partial charge < -0.3 is 14.5 Å². The minimum atomic E-state index is -0.809. The van der Waals surface area contributed by atoms with Crippen molar-refractivity contribution in [2.75, 3.05) is 6.61 Å². The van der Waals surface area contributed by atoms with Crippen molar-refractivity contribution in [2.24, 2.45) is 11.0 Å². The number of hydrazone groups is 1. The lowest BCUT2D eigenvalue weighted by atomic mass is 9.92. The van der Waals surface area contributed by atoms with Crippen molar-refractivity contribution < 1.29 is 23.7 Å². The van der Waals surface area contributed by atoms with Crippen LogP contribution in [-0.2, 0) is 22.4 Å². The number of hydrogen-bond acceptors (Lipinski definition) is 7. The number of carbonyl (C=O) groups excluding carboxylic acids is 2. The second kappa shape index (κ2) is 12.4. The predicted octanol–water partition coefficient (Wildman–Crippen LogP) is 4.71. The first-order valence-corrected chi connectivity index (χ1v) is 12.9. The van der Waals surface area contributed by atoms with Crippen molar-refractivity contribution in [3.63, 3.8) is 0 Å². The van der Waals surface area contributed by atoms with Crippen LogP contribution in [0.3, 0.4) is 0 Å². The second-order valence-corrected chi connectivity index (χ2v) is 9.91. The normalized spacial score (nSPS) is 13.6. The van der Waals surface area contributed by atoms with E-state index in [4.69, 9.17) is 9.15 Å². The zero-order valence-electron chi connectivity index (χ0n) is 22.2. The Balaban J connectivity index is 1.30. The number of nitro groups is 1. The summed E-state index contributed by atoms with van der Waals surface area (Å²) in [6.07, 6.45) is 5.80. The number of aryl methyl sites for hydroxylation is 3. The number of nitrogens with zero attached hydrogens (tertiary/aromatic N) is 2. The standard InChI is InChI=1S/C29H32N4O6/c1-18(2)28(31-27(34)17-38-23-10-8-20-6-4-5-7-21(20)15-23)29(35)32-30-16-24-11-13-26(39-24)25-12-9-22(33(36)37)14-19(25)3/h8-16,18,28H,4-7,17H2,1-3H3,(H,31,34)(H,32,35)/b30-16-/t28-/m1/s1. The number of hydrogen-bond donors (Lipinski definition) is 2. The molecule has 4 rings (SSSR count). The molecule has 2 amide bonds. The average Bonchev–Trinajstić information content (AvgIpc) is 3.38. The van der Waals surface area contributed by atoms with Crippen LogP contribution in [-0.4, -0.2) is 35.6 Å². The van der Waals surface area contributed by atoms with Crippen molar-refractivity contribution in [2.45, 2.75) is 52.5 Å².